The second-order valence-electron chi connectivity index (χ2n) is 12.9. The van der Waals surface area contributed by atoms with Gasteiger partial charge in [0.25, 0.3) is 11.5 Å². The molecule has 2 aromatic heterocycles. The number of alkyl halides is 3. The number of benzene rings is 1. The fraction of sp³-hybridized carbons (Fsp3) is 0.452. The Morgan fingerprint density at radius 1 is 0.870 bits per heavy atom. The summed E-state index contributed by atoms with van der Waals surface area (Å²) in [6.07, 6.45) is -3.90. The average molecular weight is 669 g/mol. The van der Waals surface area contributed by atoms with Crippen molar-refractivity contribution in [2.45, 2.75) is 86.4 Å². The number of hydrogen-bond donors (Lipinski definition) is 0. The van der Waals surface area contributed by atoms with Crippen LogP contribution >= 0.6 is 7.82 Å². The number of pyridine rings is 2. The van der Waals surface area contributed by atoms with Crippen molar-refractivity contribution in [1.29, 1.82) is 0 Å². The van der Waals surface area contributed by atoms with Gasteiger partial charge in [-0.25, -0.2) is 13.9 Å². The number of phosphoric ester groups is 1. The third kappa shape index (κ3) is 7.52. The molecule has 46 heavy (non-hydrogen) atoms. The van der Waals surface area contributed by atoms with Gasteiger partial charge in [-0.15, -0.1) is 0 Å². The summed E-state index contributed by atoms with van der Waals surface area (Å²) in [5, 5.41) is 0. The molecule has 1 aliphatic heterocycles. The predicted octanol–water partition coefficient (Wildman–Crippen LogP) is 7.79. The van der Waals surface area contributed by atoms with E-state index in [0.29, 0.717) is 17.3 Å². The first-order chi connectivity index (χ1) is 21.0. The number of nitrogens with zero attached hydrogens (tertiary/aromatic N) is 4. The highest BCUT2D eigenvalue weighted by Gasteiger charge is 2.40. The van der Waals surface area contributed by atoms with Crippen molar-refractivity contribution in [2.24, 2.45) is 0 Å². The van der Waals surface area contributed by atoms with E-state index >= 15 is 4.39 Å². The van der Waals surface area contributed by atoms with Crippen LogP contribution in [0.4, 0.5) is 34.6 Å². The van der Waals surface area contributed by atoms with Crippen LogP contribution in [0.1, 0.15) is 74.4 Å². The van der Waals surface area contributed by atoms with Crippen LogP contribution in [-0.2, 0) is 31.0 Å². The number of hydrogen-bond acceptors (Lipinski definition) is 8. The number of rotatable bonds is 7. The van der Waals surface area contributed by atoms with E-state index in [0.717, 1.165) is 16.8 Å². The molecule has 4 rings (SSSR count). The normalized spacial score (nSPS) is 14.6. The molecule has 250 valence electrons. The third-order valence-corrected chi connectivity index (χ3v) is 8.87. The summed E-state index contributed by atoms with van der Waals surface area (Å²) in [5.74, 6) is -1.32. The summed E-state index contributed by atoms with van der Waals surface area (Å²) in [6, 6.07) is 6.27. The van der Waals surface area contributed by atoms with Crippen LogP contribution in [0.3, 0.4) is 0 Å². The molecular weight excluding hydrogens is 631 g/mol. The summed E-state index contributed by atoms with van der Waals surface area (Å²) in [5.41, 5.74) is -2.85. The van der Waals surface area contributed by atoms with E-state index in [2.05, 4.69) is 4.98 Å². The van der Waals surface area contributed by atoms with Crippen molar-refractivity contribution in [1.82, 2.24) is 9.55 Å². The molecule has 0 saturated carbocycles. The molecule has 0 fully saturated rings. The fourth-order valence-electron chi connectivity index (χ4n) is 4.89. The number of halogens is 4. The van der Waals surface area contributed by atoms with Crippen molar-refractivity contribution in [3.05, 3.63) is 80.8 Å². The van der Waals surface area contributed by atoms with Crippen molar-refractivity contribution < 1.29 is 40.5 Å². The molecule has 15 heteroatoms. The van der Waals surface area contributed by atoms with Gasteiger partial charge in [0.2, 0.25) is 0 Å². The van der Waals surface area contributed by atoms with Crippen molar-refractivity contribution in [3.63, 3.8) is 0 Å². The van der Waals surface area contributed by atoms with Crippen LogP contribution in [0.25, 0.3) is 0 Å². The number of phosphoric acid groups is 1. The van der Waals surface area contributed by atoms with Crippen molar-refractivity contribution in [2.75, 3.05) is 16.5 Å². The maximum atomic E-state index is 15.0. The highest BCUT2D eigenvalue weighted by atomic mass is 31.2. The Hall–Kier alpha value is -3.58. The standard InChI is InChI=1S/C31H37F4N4O6P/c1-18-10-11-22(19(2)27(18)32)37-16-38(28(41)21-14-25(31(33,34)35)36-15-24(21)37)23-12-13-26(40)39(20(23)3)17-43-46(42,44-29(4,5)6)45-30(7,8)9/h10-15H,16-17H2,1-9H3. The van der Waals surface area contributed by atoms with Gasteiger partial charge in [-0.05, 0) is 86.1 Å². The molecule has 1 aliphatic rings. The fourth-order valence-corrected chi connectivity index (χ4v) is 6.63. The summed E-state index contributed by atoms with van der Waals surface area (Å²) in [4.78, 5) is 33.1. The van der Waals surface area contributed by atoms with Gasteiger partial charge >= 0.3 is 14.0 Å². The zero-order valence-corrected chi connectivity index (χ0v) is 28.0. The number of fused-ring (bicyclic) bond motifs is 1. The van der Waals surface area contributed by atoms with E-state index in [1.807, 2.05) is 0 Å². The van der Waals surface area contributed by atoms with Gasteiger partial charge < -0.3 is 4.90 Å². The Labute approximate surface area is 264 Å². The first kappa shape index (κ1) is 35.3. The number of aromatic nitrogens is 2. The first-order valence-electron chi connectivity index (χ1n) is 14.3. The highest BCUT2D eigenvalue weighted by molar-refractivity contribution is 7.48. The van der Waals surface area contributed by atoms with Crippen LogP contribution in [0.2, 0.25) is 0 Å². The lowest BCUT2D eigenvalue weighted by molar-refractivity contribution is -0.141. The molecule has 0 radical (unpaired) electrons. The number of anilines is 3. The summed E-state index contributed by atoms with van der Waals surface area (Å²) >= 11 is 0. The molecule has 3 heterocycles. The van der Waals surface area contributed by atoms with Crippen LogP contribution in [0, 0.1) is 26.6 Å². The Kier molecular flexibility index (Phi) is 9.37. The highest BCUT2D eigenvalue weighted by Crippen LogP contribution is 2.55. The van der Waals surface area contributed by atoms with Crippen molar-refractivity contribution >= 4 is 30.8 Å². The Balaban J connectivity index is 1.82. The molecule has 0 saturated heterocycles. The van der Waals surface area contributed by atoms with Gasteiger partial charge in [-0.2, -0.15) is 13.2 Å². The van der Waals surface area contributed by atoms with Gasteiger partial charge in [-0.3, -0.25) is 32.6 Å². The van der Waals surface area contributed by atoms with Crippen LogP contribution in [0.15, 0.2) is 41.3 Å². The summed E-state index contributed by atoms with van der Waals surface area (Å²) in [6.45, 7) is 13.7. The molecule has 0 spiro atoms. The molecular formula is C31H37F4N4O6P. The van der Waals surface area contributed by atoms with Crippen LogP contribution in [-0.4, -0.2) is 33.3 Å². The molecule has 0 N–H and O–H groups in total. The molecule has 0 unspecified atom stereocenters. The van der Waals surface area contributed by atoms with E-state index in [4.69, 9.17) is 13.6 Å². The van der Waals surface area contributed by atoms with Gasteiger partial charge in [0.15, 0.2) is 0 Å². The number of aryl methyl sites for hydroxylation is 1. The quantitative estimate of drug-likeness (QED) is 0.186. The molecule has 1 amide bonds. The molecule has 0 bridgehead atoms. The van der Waals surface area contributed by atoms with E-state index in [9.17, 15) is 27.3 Å². The lowest BCUT2D eigenvalue weighted by Gasteiger charge is -2.39. The Morgan fingerprint density at radius 3 is 2.02 bits per heavy atom. The molecule has 1 aromatic carbocycles. The maximum absolute atomic E-state index is 15.0. The van der Waals surface area contributed by atoms with Gasteiger partial charge in [-0.1, -0.05) is 6.07 Å². The zero-order valence-electron chi connectivity index (χ0n) is 27.1. The minimum Gasteiger partial charge on any atom is -0.320 e. The SMILES string of the molecule is Cc1ccc(N2CN(c3ccc(=O)n(COP(=O)(OC(C)(C)C)OC(C)(C)C)c3C)C(=O)c3cc(C(F)(F)F)ncc32)c(C)c1F. The van der Waals surface area contributed by atoms with Gasteiger partial charge in [0.05, 0.1) is 34.3 Å². The average Bonchev–Trinajstić information content (AvgIpc) is 2.90. The summed E-state index contributed by atoms with van der Waals surface area (Å²) in [7, 11) is -4.25. The van der Waals surface area contributed by atoms with Crippen LogP contribution < -0.4 is 15.4 Å². The second-order valence-corrected chi connectivity index (χ2v) is 14.4. The Bertz CT molecular complexity index is 1760. The lowest BCUT2D eigenvalue weighted by atomic mass is 10.0. The number of carbonyl (C=O) groups excluding carboxylic acids is 1. The number of carbonyl (C=O) groups is 1. The molecule has 3 aromatic rings. The van der Waals surface area contributed by atoms with Gasteiger partial charge in [0.1, 0.15) is 24.9 Å². The van der Waals surface area contributed by atoms with Crippen molar-refractivity contribution in [3.8, 4) is 0 Å². The van der Waals surface area contributed by atoms with E-state index < -0.39 is 54.9 Å². The minimum atomic E-state index is -4.84. The minimum absolute atomic E-state index is 0.0505. The lowest BCUT2D eigenvalue weighted by Crippen LogP contribution is -2.46. The molecule has 10 nitrogen and oxygen atoms in total. The smallest absolute Gasteiger partial charge is 0.320 e. The largest absolute Gasteiger partial charge is 0.477 e. The van der Waals surface area contributed by atoms with E-state index in [1.54, 1.807) is 54.5 Å². The first-order valence-corrected chi connectivity index (χ1v) is 15.8. The number of amides is 1. The third-order valence-electron chi connectivity index (χ3n) is 6.90. The molecule has 0 aliphatic carbocycles. The zero-order chi connectivity index (χ0) is 34.6. The molecule has 0 atom stereocenters. The topological polar surface area (TPSA) is 103 Å². The second kappa shape index (κ2) is 12.2. The monoisotopic (exact) mass is 668 g/mol. The summed E-state index contributed by atoms with van der Waals surface area (Å²) < 4.78 is 87.7. The maximum Gasteiger partial charge on any atom is 0.477 e. The van der Waals surface area contributed by atoms with E-state index in [-0.39, 0.29) is 34.9 Å². The van der Waals surface area contributed by atoms with E-state index in [1.165, 1.54) is 35.8 Å². The van der Waals surface area contributed by atoms with Crippen LogP contribution in [0.5, 0.6) is 0 Å². The Morgan fingerprint density at radius 2 is 1.46 bits per heavy atom. The predicted molar refractivity (Wildman–Crippen MR) is 165 cm³/mol. The van der Waals surface area contributed by atoms with Gasteiger partial charge in [0, 0.05) is 23.0 Å².